The zero-order valence-corrected chi connectivity index (χ0v) is 12.6. The van der Waals surface area contributed by atoms with E-state index in [2.05, 4.69) is 4.74 Å². The summed E-state index contributed by atoms with van der Waals surface area (Å²) < 4.78 is 22.9. The monoisotopic (exact) mass is 317 g/mol. The molecule has 120 valence electrons. The molecule has 1 aliphatic heterocycles. The summed E-state index contributed by atoms with van der Waals surface area (Å²) >= 11 is 0. The Kier molecular flexibility index (Phi) is 4.14. The zero-order valence-electron chi connectivity index (χ0n) is 12.6. The molecule has 0 bridgehead atoms. The van der Waals surface area contributed by atoms with Crippen LogP contribution in [0, 0.1) is 5.82 Å². The van der Waals surface area contributed by atoms with Gasteiger partial charge < -0.3 is 14.1 Å². The maximum atomic E-state index is 13.1. The molecule has 1 aromatic carbocycles. The van der Waals surface area contributed by atoms with Crippen molar-refractivity contribution in [3.63, 3.8) is 0 Å². The van der Waals surface area contributed by atoms with Crippen molar-refractivity contribution in [2.45, 2.75) is 18.9 Å². The number of furan rings is 1. The van der Waals surface area contributed by atoms with Crippen LogP contribution in [0.5, 0.6) is 0 Å². The summed E-state index contributed by atoms with van der Waals surface area (Å²) in [4.78, 5) is 25.8. The maximum Gasteiger partial charge on any atom is 0.341 e. The van der Waals surface area contributed by atoms with E-state index in [1.165, 1.54) is 31.6 Å². The summed E-state index contributed by atoms with van der Waals surface area (Å²) in [6.45, 7) is 0.592. The highest BCUT2D eigenvalue weighted by Crippen LogP contribution is 2.33. The highest BCUT2D eigenvalue weighted by molar-refractivity contribution is 5.96. The van der Waals surface area contributed by atoms with Gasteiger partial charge in [-0.25, -0.2) is 9.18 Å². The lowest BCUT2D eigenvalue weighted by atomic mass is 10.0. The molecule has 0 aliphatic carbocycles. The van der Waals surface area contributed by atoms with Crippen LogP contribution in [0.4, 0.5) is 4.39 Å². The number of carbonyl (C=O) groups excluding carboxylic acids is 2. The topological polar surface area (TPSA) is 59.8 Å². The number of hydrogen-bond acceptors (Lipinski definition) is 4. The Bertz CT molecular complexity index is 722. The van der Waals surface area contributed by atoms with Gasteiger partial charge in [-0.2, -0.15) is 0 Å². The van der Waals surface area contributed by atoms with Gasteiger partial charge in [0.1, 0.15) is 12.1 Å². The van der Waals surface area contributed by atoms with Gasteiger partial charge in [0.2, 0.25) is 0 Å². The number of likely N-dealkylation sites (tertiary alicyclic amines) is 1. The number of rotatable bonds is 3. The van der Waals surface area contributed by atoms with E-state index in [0.717, 1.165) is 18.4 Å². The van der Waals surface area contributed by atoms with E-state index in [0.29, 0.717) is 6.54 Å². The van der Waals surface area contributed by atoms with E-state index < -0.39 is 5.97 Å². The van der Waals surface area contributed by atoms with Crippen LogP contribution in [0.15, 0.2) is 41.0 Å². The number of ether oxygens (including phenoxy) is 1. The van der Waals surface area contributed by atoms with Gasteiger partial charge in [0, 0.05) is 12.6 Å². The first-order chi connectivity index (χ1) is 11.1. The number of amides is 1. The summed E-state index contributed by atoms with van der Waals surface area (Å²) in [5.41, 5.74) is 1.09. The van der Waals surface area contributed by atoms with Crippen molar-refractivity contribution < 1.29 is 23.1 Å². The summed E-state index contributed by atoms with van der Waals surface area (Å²) in [5, 5.41) is 0. The van der Waals surface area contributed by atoms with Crippen LogP contribution in [-0.2, 0) is 4.74 Å². The average molecular weight is 317 g/mol. The first-order valence-electron chi connectivity index (χ1n) is 7.33. The fourth-order valence-corrected chi connectivity index (χ4v) is 2.86. The van der Waals surface area contributed by atoms with Crippen LogP contribution in [0.1, 0.15) is 45.4 Å². The molecule has 2 aromatic rings. The van der Waals surface area contributed by atoms with Crippen molar-refractivity contribution >= 4 is 11.9 Å². The Hall–Kier alpha value is -2.63. The molecule has 1 aromatic heterocycles. The number of methoxy groups -OCH3 is 1. The van der Waals surface area contributed by atoms with Crippen LogP contribution in [0.25, 0.3) is 0 Å². The molecule has 1 aliphatic rings. The molecule has 1 fully saturated rings. The first-order valence-corrected chi connectivity index (χ1v) is 7.33. The lowest BCUT2D eigenvalue weighted by Gasteiger charge is -2.24. The third-order valence-corrected chi connectivity index (χ3v) is 4.00. The van der Waals surface area contributed by atoms with Crippen LogP contribution in [0.3, 0.4) is 0 Å². The minimum atomic E-state index is -0.552. The number of nitrogens with zero attached hydrogens (tertiary/aromatic N) is 1. The van der Waals surface area contributed by atoms with Crippen LogP contribution in [-0.4, -0.2) is 30.4 Å². The third-order valence-electron chi connectivity index (χ3n) is 4.00. The molecule has 23 heavy (non-hydrogen) atoms. The summed E-state index contributed by atoms with van der Waals surface area (Å²) in [5.74, 6) is -1.05. The van der Waals surface area contributed by atoms with Gasteiger partial charge in [0.25, 0.3) is 5.91 Å². The smallest absolute Gasteiger partial charge is 0.341 e. The number of halogens is 1. The molecule has 1 unspecified atom stereocenters. The normalized spacial score (nSPS) is 17.3. The van der Waals surface area contributed by atoms with Crippen molar-refractivity contribution in [2.24, 2.45) is 0 Å². The van der Waals surface area contributed by atoms with E-state index in [-0.39, 0.29) is 29.1 Å². The Morgan fingerprint density at radius 3 is 2.74 bits per heavy atom. The fourth-order valence-electron chi connectivity index (χ4n) is 2.86. The van der Waals surface area contributed by atoms with Crippen molar-refractivity contribution in [3.05, 3.63) is 59.3 Å². The molecular weight excluding hydrogens is 301 g/mol. The molecule has 0 N–H and O–H groups in total. The second kappa shape index (κ2) is 6.24. The van der Waals surface area contributed by atoms with Crippen LogP contribution in [0.2, 0.25) is 0 Å². The van der Waals surface area contributed by atoms with Crippen molar-refractivity contribution in [2.75, 3.05) is 13.7 Å². The largest absolute Gasteiger partial charge is 0.465 e. The number of hydrogen-bond donors (Lipinski definition) is 0. The van der Waals surface area contributed by atoms with E-state index in [4.69, 9.17) is 4.42 Å². The van der Waals surface area contributed by atoms with Gasteiger partial charge in [-0.15, -0.1) is 0 Å². The van der Waals surface area contributed by atoms with Gasteiger partial charge in [0.05, 0.1) is 18.7 Å². The van der Waals surface area contributed by atoms with Crippen LogP contribution < -0.4 is 0 Å². The van der Waals surface area contributed by atoms with Gasteiger partial charge in [-0.1, -0.05) is 12.1 Å². The molecule has 6 heteroatoms. The van der Waals surface area contributed by atoms with E-state index in [1.807, 2.05) is 0 Å². The van der Waals surface area contributed by atoms with Gasteiger partial charge in [-0.3, -0.25) is 4.79 Å². The maximum absolute atomic E-state index is 13.1. The van der Waals surface area contributed by atoms with Crippen molar-refractivity contribution in [3.8, 4) is 0 Å². The van der Waals surface area contributed by atoms with Gasteiger partial charge >= 0.3 is 5.97 Å². The molecule has 2 heterocycles. The average Bonchev–Trinajstić information content (AvgIpc) is 3.23. The predicted octanol–water partition coefficient (Wildman–Crippen LogP) is 3.18. The standard InChI is InChI=1S/C17H16FNO4/c1-22-17(21)12-9-15(23-10-12)16(20)19-8-2-3-14(19)11-4-6-13(18)7-5-11/h4-7,9-10,14H,2-3,8H2,1H3. The first kappa shape index (κ1) is 15.3. The Balaban J connectivity index is 1.82. The molecule has 5 nitrogen and oxygen atoms in total. The SMILES string of the molecule is COC(=O)c1coc(C(=O)N2CCCC2c2ccc(F)cc2)c1. The number of carbonyl (C=O) groups is 2. The van der Waals surface area contributed by atoms with Gasteiger partial charge in [-0.05, 0) is 30.5 Å². The molecule has 3 rings (SSSR count). The minimum absolute atomic E-state index is 0.0967. The predicted molar refractivity (Wildman–Crippen MR) is 79.5 cm³/mol. The van der Waals surface area contributed by atoms with E-state index >= 15 is 0 Å². The summed E-state index contributed by atoms with van der Waals surface area (Å²) in [6, 6.07) is 7.42. The van der Waals surface area contributed by atoms with E-state index in [9.17, 15) is 14.0 Å². The lowest BCUT2D eigenvalue weighted by molar-refractivity contribution is 0.0599. The van der Waals surface area contributed by atoms with E-state index in [1.54, 1.807) is 17.0 Å². The van der Waals surface area contributed by atoms with Gasteiger partial charge in [0.15, 0.2) is 5.76 Å². The highest BCUT2D eigenvalue weighted by atomic mass is 19.1. The molecule has 0 radical (unpaired) electrons. The second-order valence-electron chi connectivity index (χ2n) is 5.40. The quantitative estimate of drug-likeness (QED) is 0.816. The number of esters is 1. The molecule has 1 saturated heterocycles. The lowest BCUT2D eigenvalue weighted by Crippen LogP contribution is -2.30. The molecule has 0 saturated carbocycles. The second-order valence-corrected chi connectivity index (χ2v) is 5.40. The summed E-state index contributed by atoms with van der Waals surface area (Å²) in [7, 11) is 1.27. The summed E-state index contributed by atoms with van der Waals surface area (Å²) in [6.07, 6.45) is 2.88. The highest BCUT2D eigenvalue weighted by Gasteiger charge is 2.32. The fraction of sp³-hybridized carbons (Fsp3) is 0.294. The Morgan fingerprint density at radius 1 is 1.30 bits per heavy atom. The van der Waals surface area contributed by atoms with Crippen molar-refractivity contribution in [1.29, 1.82) is 0 Å². The molecule has 0 spiro atoms. The van der Waals surface area contributed by atoms with Crippen molar-refractivity contribution in [1.82, 2.24) is 4.90 Å². The molecule has 1 amide bonds. The number of benzene rings is 1. The molecular formula is C17H16FNO4. The van der Waals surface area contributed by atoms with Crippen LogP contribution >= 0.6 is 0 Å². The third kappa shape index (κ3) is 2.97. The Labute approximate surface area is 132 Å². The zero-order chi connectivity index (χ0) is 16.4. The Morgan fingerprint density at radius 2 is 2.04 bits per heavy atom. The minimum Gasteiger partial charge on any atom is -0.465 e. The molecule has 1 atom stereocenters.